The maximum Gasteiger partial charge on any atom is 0.213 e. The van der Waals surface area contributed by atoms with Crippen LogP contribution in [0.2, 0.25) is 0 Å². The summed E-state index contributed by atoms with van der Waals surface area (Å²) in [5.74, 6) is 0.903. The second-order valence-electron chi connectivity index (χ2n) is 7.69. The van der Waals surface area contributed by atoms with Gasteiger partial charge in [0.15, 0.2) is 0 Å². The van der Waals surface area contributed by atoms with Gasteiger partial charge in [-0.2, -0.15) is 0 Å². The van der Waals surface area contributed by atoms with Crippen molar-refractivity contribution in [2.45, 2.75) is 59.5 Å². The van der Waals surface area contributed by atoms with Crippen molar-refractivity contribution in [2.75, 3.05) is 5.75 Å². The molecule has 1 N–H and O–H groups in total. The summed E-state index contributed by atoms with van der Waals surface area (Å²) in [6, 6.07) is 0. The van der Waals surface area contributed by atoms with Gasteiger partial charge in [0.2, 0.25) is 10.0 Å². The molecule has 24 heavy (non-hydrogen) atoms. The number of hydrogen-bond acceptors (Lipinski definition) is 5. The Morgan fingerprint density at radius 1 is 1.42 bits per heavy atom. The Kier molecular flexibility index (Phi) is 4.32. The first-order valence-electron chi connectivity index (χ1n) is 8.59. The molecule has 8 heteroatoms. The van der Waals surface area contributed by atoms with E-state index < -0.39 is 15.4 Å². The fourth-order valence-corrected chi connectivity index (χ4v) is 6.28. The zero-order valence-electron chi connectivity index (χ0n) is 14.6. The Hall–Kier alpha value is -1.28. The van der Waals surface area contributed by atoms with E-state index in [0.717, 1.165) is 19.4 Å². The second-order valence-corrected chi connectivity index (χ2v) is 9.49. The van der Waals surface area contributed by atoms with E-state index >= 15 is 0 Å². The number of aryl methyl sites for hydroxylation is 1. The van der Waals surface area contributed by atoms with Crippen molar-refractivity contribution >= 4 is 15.8 Å². The minimum absolute atomic E-state index is 0.108. The van der Waals surface area contributed by atoms with Crippen LogP contribution in [0, 0.1) is 16.7 Å². The van der Waals surface area contributed by atoms with Crippen LogP contribution in [0.4, 0.5) is 0 Å². The first-order chi connectivity index (χ1) is 11.2. The molecule has 2 bridgehead atoms. The second kappa shape index (κ2) is 5.91. The number of ketones is 1. The fourth-order valence-electron chi connectivity index (χ4n) is 4.50. The van der Waals surface area contributed by atoms with E-state index in [9.17, 15) is 13.2 Å². The largest absolute Gasteiger partial charge is 0.316 e. The van der Waals surface area contributed by atoms with Crippen molar-refractivity contribution in [2.24, 2.45) is 16.7 Å². The highest BCUT2D eigenvalue weighted by atomic mass is 32.2. The molecule has 1 aromatic heterocycles. The molecule has 2 atom stereocenters. The molecular weight excluding hydrogens is 328 g/mol. The number of carbonyl (C=O) groups excluding carboxylic acids is 1. The average molecular weight is 354 g/mol. The van der Waals surface area contributed by atoms with Crippen LogP contribution in [0.15, 0.2) is 6.33 Å². The lowest BCUT2D eigenvalue weighted by molar-refractivity contribution is -0.128. The minimum atomic E-state index is -3.57. The van der Waals surface area contributed by atoms with Crippen molar-refractivity contribution < 1.29 is 13.2 Å². The van der Waals surface area contributed by atoms with Crippen molar-refractivity contribution in [1.82, 2.24) is 19.5 Å². The Bertz CT molecular complexity index is 740. The number of Topliss-reactive ketones (excluding diaryl/α,β-unsaturated/α-hetero) is 1. The van der Waals surface area contributed by atoms with E-state index in [2.05, 4.69) is 14.9 Å². The van der Waals surface area contributed by atoms with Gasteiger partial charge in [0, 0.05) is 18.4 Å². The van der Waals surface area contributed by atoms with E-state index in [4.69, 9.17) is 0 Å². The van der Waals surface area contributed by atoms with Gasteiger partial charge in [-0.15, -0.1) is 10.2 Å². The first-order valence-corrected chi connectivity index (χ1v) is 10.2. The Balaban J connectivity index is 1.73. The molecule has 0 aromatic carbocycles. The molecule has 134 valence electrons. The molecule has 2 aliphatic rings. The maximum atomic E-state index is 12.6. The molecule has 7 nitrogen and oxygen atoms in total. The molecule has 3 rings (SSSR count). The number of aromatic nitrogens is 3. The standard InChI is InChI=1S/C16H26N4O3S/c1-4-7-20-11-17-19-14(20)9-18-24(22,23)10-16-6-5-12(8-13(16)21)15(16,2)3/h11-12,18H,4-10H2,1-3H3/t12-,16-/m1/s1. The number of rotatable bonds is 7. The molecule has 0 amide bonds. The van der Waals surface area contributed by atoms with Crippen LogP contribution in [0.1, 0.15) is 52.3 Å². The van der Waals surface area contributed by atoms with Crippen molar-refractivity contribution in [3.63, 3.8) is 0 Å². The Labute approximate surface area is 143 Å². The molecule has 1 heterocycles. The first kappa shape index (κ1) is 17.5. The van der Waals surface area contributed by atoms with E-state index in [1.165, 1.54) is 0 Å². The summed E-state index contributed by atoms with van der Waals surface area (Å²) in [6.45, 7) is 6.99. The molecule has 2 saturated carbocycles. The van der Waals surface area contributed by atoms with Crippen LogP contribution in [0.3, 0.4) is 0 Å². The van der Waals surface area contributed by atoms with E-state index in [1.54, 1.807) is 6.33 Å². The van der Waals surface area contributed by atoms with Gasteiger partial charge in [0.05, 0.1) is 12.3 Å². The molecule has 0 saturated heterocycles. The van der Waals surface area contributed by atoms with Crippen LogP contribution in [0.5, 0.6) is 0 Å². The quantitative estimate of drug-likeness (QED) is 0.801. The summed E-state index contributed by atoms with van der Waals surface area (Å²) in [5, 5.41) is 7.82. The summed E-state index contributed by atoms with van der Waals surface area (Å²) >= 11 is 0. The number of sulfonamides is 1. The lowest BCUT2D eigenvalue weighted by Crippen LogP contribution is -2.45. The predicted octanol–water partition coefficient (Wildman–Crippen LogP) is 1.50. The zero-order valence-corrected chi connectivity index (χ0v) is 15.4. The van der Waals surface area contributed by atoms with E-state index in [1.807, 2.05) is 25.3 Å². The number of hydrogen-bond donors (Lipinski definition) is 1. The minimum Gasteiger partial charge on any atom is -0.316 e. The molecule has 0 spiro atoms. The summed E-state index contributed by atoms with van der Waals surface area (Å²) < 4.78 is 29.8. The van der Waals surface area contributed by atoms with E-state index in [0.29, 0.717) is 24.6 Å². The van der Waals surface area contributed by atoms with Gasteiger partial charge in [-0.3, -0.25) is 4.79 Å². The fraction of sp³-hybridized carbons (Fsp3) is 0.812. The summed E-state index contributed by atoms with van der Waals surface area (Å²) in [5.41, 5.74) is -0.984. The third kappa shape index (κ3) is 2.69. The highest BCUT2D eigenvalue weighted by Crippen LogP contribution is 2.64. The molecule has 2 fully saturated rings. The van der Waals surface area contributed by atoms with Crippen LogP contribution < -0.4 is 4.72 Å². The predicted molar refractivity (Wildman–Crippen MR) is 89.5 cm³/mol. The monoisotopic (exact) mass is 354 g/mol. The molecule has 0 radical (unpaired) electrons. The summed E-state index contributed by atoms with van der Waals surface area (Å²) in [4.78, 5) is 12.5. The average Bonchev–Trinajstić information content (AvgIpc) is 3.08. The maximum absolute atomic E-state index is 12.6. The number of carbonyl (C=O) groups is 1. The number of nitrogens with one attached hydrogen (secondary N) is 1. The normalized spacial score (nSPS) is 28.6. The highest BCUT2D eigenvalue weighted by Gasteiger charge is 2.65. The lowest BCUT2D eigenvalue weighted by Gasteiger charge is -2.36. The van der Waals surface area contributed by atoms with Crippen LogP contribution in [0.25, 0.3) is 0 Å². The van der Waals surface area contributed by atoms with Crippen LogP contribution in [-0.2, 0) is 27.9 Å². The van der Waals surface area contributed by atoms with Gasteiger partial charge < -0.3 is 4.57 Å². The van der Waals surface area contributed by atoms with Gasteiger partial charge >= 0.3 is 0 Å². The van der Waals surface area contributed by atoms with Crippen molar-refractivity contribution in [3.05, 3.63) is 12.2 Å². The number of fused-ring (bicyclic) bond motifs is 2. The Morgan fingerprint density at radius 2 is 2.17 bits per heavy atom. The van der Waals surface area contributed by atoms with Gasteiger partial charge in [0.25, 0.3) is 0 Å². The topological polar surface area (TPSA) is 93.9 Å². The molecule has 0 aliphatic heterocycles. The number of nitrogens with zero attached hydrogens (tertiary/aromatic N) is 3. The molecule has 0 unspecified atom stereocenters. The SMILES string of the molecule is CCCn1cnnc1CNS(=O)(=O)C[C@]12CC[C@H](CC1=O)C2(C)C. The third-order valence-corrected chi connectivity index (χ3v) is 7.64. The molecular formula is C16H26N4O3S. The van der Waals surface area contributed by atoms with Gasteiger partial charge in [0.1, 0.15) is 17.9 Å². The Morgan fingerprint density at radius 3 is 2.75 bits per heavy atom. The molecule has 1 aromatic rings. The van der Waals surface area contributed by atoms with Gasteiger partial charge in [-0.1, -0.05) is 20.8 Å². The zero-order chi connectivity index (χ0) is 17.6. The highest BCUT2D eigenvalue weighted by molar-refractivity contribution is 7.89. The van der Waals surface area contributed by atoms with Crippen LogP contribution >= 0.6 is 0 Å². The van der Waals surface area contributed by atoms with Crippen molar-refractivity contribution in [3.8, 4) is 0 Å². The lowest BCUT2D eigenvalue weighted by atomic mass is 9.70. The van der Waals surface area contributed by atoms with Gasteiger partial charge in [-0.05, 0) is 30.6 Å². The van der Waals surface area contributed by atoms with Gasteiger partial charge in [-0.25, -0.2) is 13.1 Å². The smallest absolute Gasteiger partial charge is 0.213 e. The molecule has 2 aliphatic carbocycles. The third-order valence-electron chi connectivity index (χ3n) is 6.19. The van der Waals surface area contributed by atoms with E-state index in [-0.39, 0.29) is 23.5 Å². The van der Waals surface area contributed by atoms with Crippen LogP contribution in [-0.4, -0.2) is 34.7 Å². The summed E-state index contributed by atoms with van der Waals surface area (Å²) in [7, 11) is -3.57. The summed E-state index contributed by atoms with van der Waals surface area (Å²) in [6.07, 6.45) is 4.67. The van der Waals surface area contributed by atoms with Crippen molar-refractivity contribution in [1.29, 1.82) is 0 Å².